The van der Waals surface area contributed by atoms with Crippen LogP contribution in [0.15, 0.2) is 24.3 Å². The molecule has 0 bridgehead atoms. The molecule has 1 saturated heterocycles. The number of esters is 3. The van der Waals surface area contributed by atoms with Crippen molar-refractivity contribution in [3.8, 4) is 0 Å². The van der Waals surface area contributed by atoms with Gasteiger partial charge in [0.05, 0.1) is 38.7 Å². The standard InChI is InChI=1S/C17H18F3NO6/c1-25-14(22)10-11(15(23)26-2)13(16(24)27-3)21-12(10)8-4-6-9(7-5-8)17(18,19)20/h4-7,10-13,21H,1-3H3/t10-,11+,12-,13-/m0/s1. The van der Waals surface area contributed by atoms with Crippen LogP contribution in [0.25, 0.3) is 0 Å². The minimum Gasteiger partial charge on any atom is -0.469 e. The topological polar surface area (TPSA) is 90.9 Å². The number of alkyl halides is 3. The number of rotatable bonds is 4. The van der Waals surface area contributed by atoms with Gasteiger partial charge in [-0.15, -0.1) is 0 Å². The van der Waals surface area contributed by atoms with Gasteiger partial charge < -0.3 is 14.2 Å². The van der Waals surface area contributed by atoms with Crippen LogP contribution in [0, 0.1) is 11.8 Å². The number of ether oxygens (including phenoxy) is 3. The zero-order valence-electron chi connectivity index (χ0n) is 14.7. The van der Waals surface area contributed by atoms with Crippen LogP contribution in [0.4, 0.5) is 13.2 Å². The summed E-state index contributed by atoms with van der Waals surface area (Å²) in [7, 11) is 3.30. The van der Waals surface area contributed by atoms with Crippen LogP contribution in [-0.4, -0.2) is 45.3 Å². The molecule has 4 atom stereocenters. The fourth-order valence-electron chi connectivity index (χ4n) is 3.18. The molecule has 0 amide bonds. The maximum atomic E-state index is 12.8. The van der Waals surface area contributed by atoms with Crippen molar-refractivity contribution >= 4 is 17.9 Å². The highest BCUT2D eigenvalue weighted by Gasteiger charge is 2.55. The average molecular weight is 389 g/mol. The molecule has 1 aromatic carbocycles. The van der Waals surface area contributed by atoms with E-state index in [0.717, 1.165) is 33.5 Å². The summed E-state index contributed by atoms with van der Waals surface area (Å²) in [5.74, 6) is -4.92. The van der Waals surface area contributed by atoms with E-state index in [9.17, 15) is 27.6 Å². The van der Waals surface area contributed by atoms with E-state index < -0.39 is 53.6 Å². The molecule has 1 fully saturated rings. The molecule has 0 saturated carbocycles. The third kappa shape index (κ3) is 4.05. The van der Waals surface area contributed by atoms with Crippen molar-refractivity contribution in [1.82, 2.24) is 5.32 Å². The molecule has 27 heavy (non-hydrogen) atoms. The van der Waals surface area contributed by atoms with Crippen LogP contribution >= 0.6 is 0 Å². The molecule has 0 spiro atoms. The van der Waals surface area contributed by atoms with E-state index in [-0.39, 0.29) is 5.56 Å². The highest BCUT2D eigenvalue weighted by Crippen LogP contribution is 2.40. The number of carbonyl (C=O) groups is 3. The number of methoxy groups -OCH3 is 3. The van der Waals surface area contributed by atoms with E-state index in [1.165, 1.54) is 12.1 Å². The molecule has 0 unspecified atom stereocenters. The summed E-state index contributed by atoms with van der Waals surface area (Å²) in [4.78, 5) is 36.6. The number of hydrogen-bond donors (Lipinski definition) is 1. The van der Waals surface area contributed by atoms with E-state index in [0.29, 0.717) is 0 Å². The molecule has 0 aliphatic carbocycles. The molecular weight excluding hydrogens is 371 g/mol. The third-order valence-corrected chi connectivity index (χ3v) is 4.46. The monoisotopic (exact) mass is 389 g/mol. The molecule has 1 aliphatic rings. The van der Waals surface area contributed by atoms with Gasteiger partial charge in [0.1, 0.15) is 6.04 Å². The lowest BCUT2D eigenvalue weighted by molar-refractivity contribution is -0.159. The predicted molar refractivity (Wildman–Crippen MR) is 84.1 cm³/mol. The van der Waals surface area contributed by atoms with Gasteiger partial charge in [-0.05, 0) is 17.7 Å². The first-order valence-electron chi connectivity index (χ1n) is 7.82. The van der Waals surface area contributed by atoms with Crippen molar-refractivity contribution in [3.63, 3.8) is 0 Å². The summed E-state index contributed by atoms with van der Waals surface area (Å²) < 4.78 is 52.4. The zero-order chi connectivity index (χ0) is 20.4. The molecule has 10 heteroatoms. The van der Waals surface area contributed by atoms with Crippen molar-refractivity contribution in [2.45, 2.75) is 18.3 Å². The Bertz CT molecular complexity index is 718. The number of hydrogen-bond acceptors (Lipinski definition) is 7. The molecule has 7 nitrogen and oxygen atoms in total. The smallest absolute Gasteiger partial charge is 0.416 e. The van der Waals surface area contributed by atoms with E-state index in [2.05, 4.69) is 14.8 Å². The van der Waals surface area contributed by atoms with E-state index in [4.69, 9.17) is 4.74 Å². The van der Waals surface area contributed by atoms with Crippen LogP contribution in [0.3, 0.4) is 0 Å². The number of carbonyl (C=O) groups excluding carboxylic acids is 3. The van der Waals surface area contributed by atoms with Gasteiger partial charge in [0.2, 0.25) is 0 Å². The van der Waals surface area contributed by atoms with Crippen LogP contribution in [0.5, 0.6) is 0 Å². The molecule has 1 N–H and O–H groups in total. The molecule has 0 aromatic heterocycles. The molecule has 1 aromatic rings. The second-order valence-corrected chi connectivity index (χ2v) is 5.86. The normalized spacial score (nSPS) is 25.0. The number of benzene rings is 1. The van der Waals surface area contributed by atoms with Crippen molar-refractivity contribution in [1.29, 1.82) is 0 Å². The van der Waals surface area contributed by atoms with Crippen molar-refractivity contribution in [3.05, 3.63) is 35.4 Å². The van der Waals surface area contributed by atoms with Crippen molar-refractivity contribution in [2.24, 2.45) is 11.8 Å². The Labute approximate surface area is 152 Å². The highest BCUT2D eigenvalue weighted by atomic mass is 19.4. The highest BCUT2D eigenvalue weighted by molar-refractivity contribution is 5.91. The van der Waals surface area contributed by atoms with Gasteiger partial charge in [0.25, 0.3) is 0 Å². The van der Waals surface area contributed by atoms with Gasteiger partial charge in [-0.25, -0.2) is 0 Å². The Kier molecular flexibility index (Phi) is 6.09. The summed E-state index contributed by atoms with van der Waals surface area (Å²) in [6.45, 7) is 0. The first-order chi connectivity index (χ1) is 12.6. The summed E-state index contributed by atoms with van der Waals surface area (Å²) >= 11 is 0. The van der Waals surface area contributed by atoms with Crippen LogP contribution in [0.2, 0.25) is 0 Å². The Balaban J connectivity index is 2.48. The van der Waals surface area contributed by atoms with Gasteiger partial charge >= 0.3 is 24.1 Å². The van der Waals surface area contributed by atoms with Crippen LogP contribution in [-0.2, 0) is 34.8 Å². The van der Waals surface area contributed by atoms with Gasteiger partial charge in [-0.1, -0.05) is 12.1 Å². The SMILES string of the molecule is COC(=O)[C@@H]1[C@H](C(=O)OC)[C@H](c2ccc(C(F)(F)F)cc2)N[C@@H]1C(=O)OC. The summed E-state index contributed by atoms with van der Waals surface area (Å²) in [5, 5.41) is 2.79. The largest absolute Gasteiger partial charge is 0.469 e. The first kappa shape index (κ1) is 20.7. The van der Waals surface area contributed by atoms with Gasteiger partial charge in [-0.3, -0.25) is 19.7 Å². The second kappa shape index (κ2) is 7.95. The lowest BCUT2D eigenvalue weighted by Crippen LogP contribution is -2.42. The minimum absolute atomic E-state index is 0.277. The van der Waals surface area contributed by atoms with E-state index in [1.807, 2.05) is 0 Å². The number of halogens is 3. The van der Waals surface area contributed by atoms with Gasteiger partial charge in [0, 0.05) is 6.04 Å². The van der Waals surface area contributed by atoms with Crippen molar-refractivity contribution < 1.29 is 41.8 Å². The van der Waals surface area contributed by atoms with Gasteiger partial charge in [0.15, 0.2) is 0 Å². The van der Waals surface area contributed by atoms with Crippen molar-refractivity contribution in [2.75, 3.05) is 21.3 Å². The molecule has 148 valence electrons. The summed E-state index contributed by atoms with van der Waals surface area (Å²) in [5.41, 5.74) is -0.591. The van der Waals surface area contributed by atoms with Crippen LogP contribution in [0.1, 0.15) is 17.2 Å². The van der Waals surface area contributed by atoms with E-state index in [1.54, 1.807) is 0 Å². The Hall–Kier alpha value is -2.62. The summed E-state index contributed by atoms with van der Waals surface area (Å²) in [6, 6.07) is 1.87. The average Bonchev–Trinajstić information content (AvgIpc) is 3.06. The third-order valence-electron chi connectivity index (χ3n) is 4.46. The molecule has 1 heterocycles. The predicted octanol–water partition coefficient (Wildman–Crippen LogP) is 1.47. The maximum absolute atomic E-state index is 12.8. The quantitative estimate of drug-likeness (QED) is 0.616. The lowest BCUT2D eigenvalue weighted by atomic mass is 9.84. The zero-order valence-corrected chi connectivity index (χ0v) is 14.7. The number of nitrogens with one attached hydrogen (secondary N) is 1. The Morgan fingerprint density at radius 2 is 1.33 bits per heavy atom. The van der Waals surface area contributed by atoms with Gasteiger partial charge in [-0.2, -0.15) is 13.2 Å². The Morgan fingerprint density at radius 1 is 0.852 bits per heavy atom. The summed E-state index contributed by atoms with van der Waals surface area (Å²) in [6.07, 6.45) is -4.52. The minimum atomic E-state index is -4.52. The molecule has 1 aliphatic heterocycles. The lowest BCUT2D eigenvalue weighted by Gasteiger charge is -2.21. The molecule has 0 radical (unpaired) electrons. The fraction of sp³-hybridized carbons (Fsp3) is 0.471. The van der Waals surface area contributed by atoms with Crippen LogP contribution < -0.4 is 5.32 Å². The molecular formula is C17H18F3NO6. The second-order valence-electron chi connectivity index (χ2n) is 5.86. The first-order valence-corrected chi connectivity index (χ1v) is 7.82. The maximum Gasteiger partial charge on any atom is 0.416 e. The Morgan fingerprint density at radius 3 is 1.78 bits per heavy atom. The van der Waals surface area contributed by atoms with E-state index >= 15 is 0 Å². The fourth-order valence-corrected chi connectivity index (χ4v) is 3.18. The molecule has 2 rings (SSSR count).